The fourth-order valence-corrected chi connectivity index (χ4v) is 3.27. The van der Waals surface area contributed by atoms with E-state index in [0.29, 0.717) is 12.5 Å². The predicted molar refractivity (Wildman–Crippen MR) is 90.0 cm³/mol. The number of aliphatic hydroxyl groups is 1. The van der Waals surface area contributed by atoms with Gasteiger partial charge in [-0.2, -0.15) is 0 Å². The number of rotatable bonds is 9. The lowest BCUT2D eigenvalue weighted by Crippen LogP contribution is -2.27. The monoisotopic (exact) mass is 326 g/mol. The van der Waals surface area contributed by atoms with Crippen LogP contribution in [0.1, 0.15) is 31.4 Å². The Bertz CT molecular complexity index is 480. The van der Waals surface area contributed by atoms with E-state index in [9.17, 15) is 9.90 Å². The summed E-state index contributed by atoms with van der Waals surface area (Å²) in [6.45, 7) is 8.57. The van der Waals surface area contributed by atoms with E-state index in [1.807, 2.05) is 19.1 Å². The second kappa shape index (κ2) is 9.71. The summed E-state index contributed by atoms with van der Waals surface area (Å²) in [5.74, 6) is 0.530. The smallest absolute Gasteiger partial charge is 0.404 e. The van der Waals surface area contributed by atoms with Gasteiger partial charge in [0.25, 0.3) is 0 Å². The maximum atomic E-state index is 10.5. The Hall–Kier alpha value is -1.24. The van der Waals surface area contributed by atoms with Crippen molar-refractivity contribution in [3.8, 4) is 0 Å². The minimum Gasteiger partial charge on any atom is -0.465 e. The van der Waals surface area contributed by atoms with E-state index in [4.69, 9.17) is 5.11 Å². The lowest BCUT2D eigenvalue weighted by atomic mass is 10.1. The molecule has 0 unspecified atom stereocenters. The number of carboxylic acid groups (broad SMARTS) is 1. The molecule has 0 fully saturated rings. The quantitative estimate of drug-likeness (QED) is 0.480. The highest BCUT2D eigenvalue weighted by atomic mass is 32.2. The van der Waals surface area contributed by atoms with Crippen LogP contribution in [0.5, 0.6) is 0 Å². The van der Waals surface area contributed by atoms with Gasteiger partial charge >= 0.3 is 6.09 Å². The van der Waals surface area contributed by atoms with Crippen LogP contribution in [0.25, 0.3) is 0 Å². The molecule has 6 heteroatoms. The number of amides is 1. The average molecular weight is 326 g/mol. The minimum atomic E-state index is -0.978. The molecular weight excluding hydrogens is 300 g/mol. The van der Waals surface area contributed by atoms with Crippen molar-refractivity contribution in [2.24, 2.45) is 5.92 Å². The Morgan fingerprint density at radius 1 is 1.41 bits per heavy atom. The molecule has 0 radical (unpaired) electrons. The van der Waals surface area contributed by atoms with E-state index in [-0.39, 0.29) is 6.61 Å². The zero-order valence-corrected chi connectivity index (χ0v) is 14.3. The van der Waals surface area contributed by atoms with Gasteiger partial charge in [-0.15, -0.1) is 0 Å². The van der Waals surface area contributed by atoms with Crippen LogP contribution >= 0.6 is 11.9 Å². The second-order valence-corrected chi connectivity index (χ2v) is 6.88. The van der Waals surface area contributed by atoms with Crippen molar-refractivity contribution in [1.29, 1.82) is 0 Å². The standard InChI is InChI=1S/C16H26N2O3S/c1-12(2)10-18(8-4-7-17-16(20)21)22-15-6-5-13(3)14(9-15)11-19/h5-6,9,12,17,19H,4,7-8,10-11H2,1-3H3,(H,20,21). The van der Waals surface area contributed by atoms with Gasteiger partial charge in [-0.25, -0.2) is 9.10 Å². The lowest BCUT2D eigenvalue weighted by molar-refractivity contribution is 0.194. The fraction of sp³-hybridized carbons (Fsp3) is 0.562. The minimum absolute atomic E-state index is 0.0486. The van der Waals surface area contributed by atoms with E-state index in [0.717, 1.165) is 35.5 Å². The van der Waals surface area contributed by atoms with Crippen LogP contribution in [-0.4, -0.2) is 40.2 Å². The number of nitrogens with one attached hydrogen (secondary N) is 1. The molecule has 0 spiro atoms. The Morgan fingerprint density at radius 3 is 2.73 bits per heavy atom. The first-order valence-corrected chi connectivity index (χ1v) is 8.29. The zero-order valence-electron chi connectivity index (χ0n) is 13.5. The molecule has 0 saturated carbocycles. The van der Waals surface area contributed by atoms with Crippen molar-refractivity contribution in [3.63, 3.8) is 0 Å². The number of carbonyl (C=O) groups is 1. The van der Waals surface area contributed by atoms with E-state index in [2.05, 4.69) is 29.5 Å². The third-order valence-electron chi connectivity index (χ3n) is 3.15. The van der Waals surface area contributed by atoms with Crippen molar-refractivity contribution in [2.45, 2.75) is 38.7 Å². The van der Waals surface area contributed by atoms with Gasteiger partial charge in [0.15, 0.2) is 0 Å². The summed E-state index contributed by atoms with van der Waals surface area (Å²) in [5.41, 5.74) is 2.04. The Balaban J connectivity index is 2.61. The predicted octanol–water partition coefficient (Wildman–Crippen LogP) is 3.11. The number of nitrogens with zero attached hydrogens (tertiary/aromatic N) is 1. The molecule has 0 saturated heterocycles. The van der Waals surface area contributed by atoms with Crippen molar-refractivity contribution in [1.82, 2.24) is 9.62 Å². The highest BCUT2D eigenvalue weighted by Gasteiger charge is 2.10. The number of hydrogen-bond donors (Lipinski definition) is 3. The van der Waals surface area contributed by atoms with Crippen molar-refractivity contribution < 1.29 is 15.0 Å². The maximum Gasteiger partial charge on any atom is 0.404 e. The molecule has 1 aromatic carbocycles. The van der Waals surface area contributed by atoms with Gasteiger partial charge in [-0.3, -0.25) is 0 Å². The van der Waals surface area contributed by atoms with Crippen molar-refractivity contribution in [2.75, 3.05) is 19.6 Å². The van der Waals surface area contributed by atoms with Gasteiger partial charge in [0.2, 0.25) is 0 Å². The normalized spacial score (nSPS) is 11.2. The molecule has 0 aliphatic carbocycles. The molecule has 1 aromatic rings. The first-order valence-electron chi connectivity index (χ1n) is 7.52. The molecule has 0 bridgehead atoms. The average Bonchev–Trinajstić information content (AvgIpc) is 2.44. The molecule has 124 valence electrons. The fourth-order valence-electron chi connectivity index (χ4n) is 2.06. The summed E-state index contributed by atoms with van der Waals surface area (Å²) in [7, 11) is 0. The van der Waals surface area contributed by atoms with Gasteiger partial charge in [0, 0.05) is 24.5 Å². The van der Waals surface area contributed by atoms with Crippen LogP contribution in [0.3, 0.4) is 0 Å². The molecule has 0 aromatic heterocycles. The van der Waals surface area contributed by atoms with E-state index < -0.39 is 6.09 Å². The lowest BCUT2D eigenvalue weighted by Gasteiger charge is -2.23. The van der Waals surface area contributed by atoms with Crippen LogP contribution in [-0.2, 0) is 6.61 Å². The number of aryl methyl sites for hydroxylation is 1. The highest BCUT2D eigenvalue weighted by molar-refractivity contribution is 7.97. The summed E-state index contributed by atoms with van der Waals surface area (Å²) in [4.78, 5) is 11.6. The molecule has 0 aliphatic heterocycles. The van der Waals surface area contributed by atoms with E-state index in [1.54, 1.807) is 11.9 Å². The molecule has 1 amide bonds. The van der Waals surface area contributed by atoms with Gasteiger partial charge in [-0.1, -0.05) is 19.9 Å². The summed E-state index contributed by atoms with van der Waals surface area (Å²) in [5, 5.41) is 20.3. The topological polar surface area (TPSA) is 72.8 Å². The number of aliphatic hydroxyl groups excluding tert-OH is 1. The Kier molecular flexibility index (Phi) is 8.30. The van der Waals surface area contributed by atoms with Gasteiger partial charge in [0.1, 0.15) is 0 Å². The first-order chi connectivity index (χ1) is 10.4. The van der Waals surface area contributed by atoms with Crippen molar-refractivity contribution in [3.05, 3.63) is 29.3 Å². The van der Waals surface area contributed by atoms with Gasteiger partial charge in [0.05, 0.1) is 6.61 Å². The molecule has 0 aliphatic rings. The van der Waals surface area contributed by atoms with E-state index in [1.165, 1.54) is 0 Å². The maximum absolute atomic E-state index is 10.5. The third kappa shape index (κ3) is 7.15. The third-order valence-corrected chi connectivity index (χ3v) is 4.21. The van der Waals surface area contributed by atoms with Crippen LogP contribution in [0.4, 0.5) is 4.79 Å². The second-order valence-electron chi connectivity index (χ2n) is 5.71. The first kappa shape index (κ1) is 18.8. The number of benzene rings is 1. The molecule has 0 heterocycles. The Morgan fingerprint density at radius 2 is 2.14 bits per heavy atom. The molecule has 1 rings (SSSR count). The Labute approximate surface area is 136 Å². The van der Waals surface area contributed by atoms with E-state index >= 15 is 0 Å². The van der Waals surface area contributed by atoms with Crippen LogP contribution < -0.4 is 5.32 Å². The largest absolute Gasteiger partial charge is 0.465 e. The number of hydrogen-bond acceptors (Lipinski definition) is 4. The van der Waals surface area contributed by atoms with Crippen molar-refractivity contribution >= 4 is 18.0 Å². The summed E-state index contributed by atoms with van der Waals surface area (Å²) < 4.78 is 2.25. The molecular formula is C16H26N2O3S. The van der Waals surface area contributed by atoms with Gasteiger partial charge < -0.3 is 15.5 Å². The molecule has 5 nitrogen and oxygen atoms in total. The highest BCUT2D eigenvalue weighted by Crippen LogP contribution is 2.26. The molecule has 3 N–H and O–H groups in total. The summed E-state index contributed by atoms with van der Waals surface area (Å²) in [6.07, 6.45) is -0.209. The van der Waals surface area contributed by atoms with Gasteiger partial charge in [-0.05, 0) is 54.5 Å². The summed E-state index contributed by atoms with van der Waals surface area (Å²) >= 11 is 1.66. The zero-order chi connectivity index (χ0) is 16.5. The SMILES string of the molecule is Cc1ccc(SN(CCCNC(=O)O)CC(C)C)cc1CO. The molecule has 0 atom stereocenters. The van der Waals surface area contributed by atoms with Crippen LogP contribution in [0, 0.1) is 12.8 Å². The van der Waals surface area contributed by atoms with Crippen LogP contribution in [0.15, 0.2) is 23.1 Å². The molecule has 22 heavy (non-hydrogen) atoms. The summed E-state index contributed by atoms with van der Waals surface area (Å²) in [6, 6.07) is 6.10. The van der Waals surface area contributed by atoms with Crippen LogP contribution in [0.2, 0.25) is 0 Å².